The van der Waals surface area contributed by atoms with E-state index in [1.807, 2.05) is 14.0 Å². The molecule has 1 aromatic carbocycles. The number of hydrogen-bond donors (Lipinski definition) is 4. The van der Waals surface area contributed by atoms with E-state index in [0.717, 1.165) is 51.6 Å². The maximum atomic E-state index is 15.7. The Balaban J connectivity index is 1.31. The highest BCUT2D eigenvalue weighted by atomic mass is 19.1. The summed E-state index contributed by atoms with van der Waals surface area (Å²) in [5, 5.41) is 18.7. The van der Waals surface area contributed by atoms with Crippen LogP contribution in [0.3, 0.4) is 0 Å². The minimum Gasteiger partial charge on any atom is -0.338 e. The first-order valence-corrected chi connectivity index (χ1v) is 16.8. The molecule has 3 fully saturated rings. The average molecular weight is 655 g/mol. The molecule has 2 heterocycles. The summed E-state index contributed by atoms with van der Waals surface area (Å²) in [7, 11) is 1.99. The van der Waals surface area contributed by atoms with Crippen molar-refractivity contribution in [1.29, 1.82) is 0 Å². The summed E-state index contributed by atoms with van der Waals surface area (Å²) in [5.74, 6) is -2.20. The zero-order valence-corrected chi connectivity index (χ0v) is 27.7. The monoisotopic (exact) mass is 654 g/mol. The number of amides is 5. The van der Waals surface area contributed by atoms with Gasteiger partial charge in [0, 0.05) is 38.1 Å². The number of rotatable bonds is 11. The van der Waals surface area contributed by atoms with E-state index < -0.39 is 41.7 Å². The molecule has 1 saturated heterocycles. The Morgan fingerprint density at radius 2 is 1.70 bits per heavy atom. The maximum absolute atomic E-state index is 15.7. The highest BCUT2D eigenvalue weighted by Gasteiger charge is 2.36. The molecule has 1 aliphatic heterocycles. The lowest BCUT2D eigenvalue weighted by Crippen LogP contribution is -2.57. The van der Waals surface area contributed by atoms with E-state index in [-0.39, 0.29) is 29.2 Å². The summed E-state index contributed by atoms with van der Waals surface area (Å²) < 4.78 is 20.4. The van der Waals surface area contributed by atoms with Gasteiger partial charge in [-0.2, -0.15) is 0 Å². The molecule has 0 bridgehead atoms. The quantitative estimate of drug-likeness (QED) is 0.288. The highest BCUT2D eigenvalue weighted by Crippen LogP contribution is 2.32. The van der Waals surface area contributed by atoms with Gasteiger partial charge in [-0.3, -0.25) is 14.4 Å². The third-order valence-electron chi connectivity index (χ3n) is 9.76. The zero-order chi connectivity index (χ0) is 33.7. The molecule has 3 atom stereocenters. The predicted molar refractivity (Wildman–Crippen MR) is 172 cm³/mol. The first-order valence-electron chi connectivity index (χ1n) is 16.8. The number of hydrogen-bond acceptors (Lipinski definition) is 8. The summed E-state index contributed by atoms with van der Waals surface area (Å²) in [6.45, 7) is 8.28. The number of aromatic nitrogens is 2. The zero-order valence-electron chi connectivity index (χ0n) is 27.7. The van der Waals surface area contributed by atoms with Crippen molar-refractivity contribution in [3.8, 4) is 0 Å². The van der Waals surface area contributed by atoms with Gasteiger partial charge in [0.2, 0.25) is 11.8 Å². The van der Waals surface area contributed by atoms with Crippen molar-refractivity contribution in [3.63, 3.8) is 0 Å². The lowest BCUT2D eigenvalue weighted by molar-refractivity contribution is -0.135. The van der Waals surface area contributed by atoms with Gasteiger partial charge in [0.15, 0.2) is 5.69 Å². The fraction of sp³-hybridized carbons (Fsp3) is 0.636. The lowest BCUT2D eigenvalue weighted by Gasteiger charge is -2.36. The van der Waals surface area contributed by atoms with Crippen molar-refractivity contribution in [2.24, 2.45) is 11.8 Å². The topological polar surface area (TPSA) is 162 Å². The van der Waals surface area contributed by atoms with Gasteiger partial charge in [0.05, 0.1) is 5.69 Å². The largest absolute Gasteiger partial charge is 0.338 e. The lowest BCUT2D eigenvalue weighted by atomic mass is 9.79. The van der Waals surface area contributed by atoms with Gasteiger partial charge in [-0.05, 0) is 73.8 Å². The number of nitrogens with zero attached hydrogens (tertiary/aromatic N) is 4. The highest BCUT2D eigenvalue weighted by molar-refractivity contribution is 6.01. The first kappa shape index (κ1) is 34.3. The van der Waals surface area contributed by atoms with E-state index in [1.165, 1.54) is 12.1 Å². The normalized spacial score (nSPS) is 22.1. The number of anilines is 1. The molecule has 5 rings (SSSR count). The van der Waals surface area contributed by atoms with Crippen molar-refractivity contribution >= 4 is 29.4 Å². The van der Waals surface area contributed by atoms with Crippen LogP contribution in [0.2, 0.25) is 0 Å². The van der Waals surface area contributed by atoms with Crippen molar-refractivity contribution in [1.82, 2.24) is 36.1 Å². The molecule has 1 aromatic heterocycles. The number of likely N-dealkylation sites (N-methyl/N-ethyl adjacent to an activating group) is 1. The molecule has 4 N–H and O–H groups in total. The van der Waals surface area contributed by atoms with Crippen LogP contribution in [0.15, 0.2) is 22.8 Å². The van der Waals surface area contributed by atoms with Gasteiger partial charge in [-0.25, -0.2) is 13.8 Å². The molecule has 3 aliphatic rings. The van der Waals surface area contributed by atoms with E-state index >= 15 is 4.39 Å². The predicted octanol–water partition coefficient (Wildman–Crippen LogP) is 3.04. The van der Waals surface area contributed by atoms with E-state index in [0.29, 0.717) is 36.7 Å². The molecule has 13 nitrogen and oxygen atoms in total. The molecule has 256 valence electrons. The summed E-state index contributed by atoms with van der Waals surface area (Å²) in [6, 6.07) is 2.25. The van der Waals surface area contributed by atoms with Gasteiger partial charge >= 0.3 is 6.03 Å². The summed E-state index contributed by atoms with van der Waals surface area (Å²) >= 11 is 0. The molecular formula is C33H47FN8O5. The number of halogens is 1. The van der Waals surface area contributed by atoms with E-state index in [4.69, 9.17) is 4.63 Å². The maximum Gasteiger partial charge on any atom is 0.315 e. The third-order valence-corrected chi connectivity index (χ3v) is 9.76. The molecule has 14 heteroatoms. The van der Waals surface area contributed by atoms with E-state index in [1.54, 1.807) is 17.9 Å². The Morgan fingerprint density at radius 3 is 2.34 bits per heavy atom. The number of nitrogens with one attached hydrogen (secondary N) is 4. The average Bonchev–Trinajstić information content (AvgIpc) is 3.74. The fourth-order valence-corrected chi connectivity index (χ4v) is 6.38. The molecule has 2 aliphatic carbocycles. The van der Waals surface area contributed by atoms with Gasteiger partial charge in [-0.15, -0.1) is 0 Å². The van der Waals surface area contributed by atoms with Crippen LogP contribution in [-0.2, 0) is 16.0 Å². The summed E-state index contributed by atoms with van der Waals surface area (Å²) in [4.78, 5) is 57.1. The molecule has 0 spiro atoms. The standard InChI is InChI=1S/C33H47FN8O5/c1-5-25-29(40-47-39-25)31(44)37-28(21-8-6-19(2)7-9-21)30(43)36-26-13-10-22(18-24(26)34)20(3)27(38-33(46)35-23-11-12-23)32(45)42-16-14-41(4)15-17-42/h10,13,18-21,23,27-28H,5-9,11-12,14-17H2,1-4H3,(H,36,43)(H,37,44)(H2,35,38,46)/t19?,20-,21?,27+,28-/m0/s1. The Labute approximate surface area is 274 Å². The van der Waals surface area contributed by atoms with E-state index in [9.17, 15) is 19.2 Å². The number of benzene rings is 1. The van der Waals surface area contributed by atoms with Crippen LogP contribution in [0.1, 0.15) is 87.0 Å². The van der Waals surface area contributed by atoms with Crippen molar-refractivity contribution < 1.29 is 28.2 Å². The molecule has 0 radical (unpaired) electrons. The van der Waals surface area contributed by atoms with Crippen LogP contribution in [0.4, 0.5) is 14.9 Å². The second-order valence-corrected chi connectivity index (χ2v) is 13.4. The summed E-state index contributed by atoms with van der Waals surface area (Å²) in [5.41, 5.74) is 0.863. The Hall–Kier alpha value is -4.07. The number of aryl methyl sites for hydroxylation is 1. The number of carbonyl (C=O) groups excluding carboxylic acids is 4. The van der Waals surface area contributed by atoms with Crippen LogP contribution in [0, 0.1) is 17.7 Å². The Bertz CT molecular complexity index is 1430. The third kappa shape index (κ3) is 8.65. The van der Waals surface area contributed by atoms with Crippen molar-refractivity contribution in [2.75, 3.05) is 38.5 Å². The van der Waals surface area contributed by atoms with Crippen molar-refractivity contribution in [2.45, 2.75) is 89.8 Å². The molecule has 2 aromatic rings. The number of urea groups is 1. The van der Waals surface area contributed by atoms with Gasteiger partial charge < -0.3 is 31.1 Å². The molecule has 0 unspecified atom stereocenters. The molecule has 2 saturated carbocycles. The minimum atomic E-state index is -0.922. The molecule has 5 amide bonds. The Morgan fingerprint density at radius 1 is 1.00 bits per heavy atom. The second-order valence-electron chi connectivity index (χ2n) is 13.4. The summed E-state index contributed by atoms with van der Waals surface area (Å²) in [6.07, 6.45) is 5.54. The second kappa shape index (κ2) is 15.2. The minimum absolute atomic E-state index is 0.0269. The van der Waals surface area contributed by atoms with E-state index in [2.05, 4.69) is 43.4 Å². The number of carbonyl (C=O) groups is 4. The molecule has 47 heavy (non-hydrogen) atoms. The van der Waals surface area contributed by atoms with Gasteiger partial charge in [-0.1, -0.05) is 44.8 Å². The smallest absolute Gasteiger partial charge is 0.315 e. The van der Waals surface area contributed by atoms with Crippen LogP contribution < -0.4 is 21.3 Å². The van der Waals surface area contributed by atoms with Gasteiger partial charge in [0.1, 0.15) is 23.6 Å². The van der Waals surface area contributed by atoms with Crippen LogP contribution >= 0.6 is 0 Å². The molecular weight excluding hydrogens is 607 g/mol. The van der Waals surface area contributed by atoms with Crippen molar-refractivity contribution in [3.05, 3.63) is 41.0 Å². The first-order chi connectivity index (χ1) is 22.5. The fourth-order valence-electron chi connectivity index (χ4n) is 6.38. The SMILES string of the molecule is CCc1nonc1C(=O)N[C@H](C(=O)Nc1ccc([C@H](C)[C@@H](NC(=O)NC2CC2)C(=O)N2CCN(C)CC2)cc1F)C1CCC(C)CC1. The Kier molecular flexibility index (Phi) is 11.1. The van der Waals surface area contributed by atoms with Crippen LogP contribution in [-0.4, -0.2) is 95.2 Å². The van der Waals surface area contributed by atoms with Crippen LogP contribution in [0.25, 0.3) is 0 Å². The number of piperazine rings is 1. The van der Waals surface area contributed by atoms with Gasteiger partial charge in [0.25, 0.3) is 5.91 Å². The van der Waals surface area contributed by atoms with Crippen LogP contribution in [0.5, 0.6) is 0 Å².